The molecule has 4 radical (unpaired) electrons. The molecule has 2 fully saturated rings. The Balaban J connectivity index is 0.000000155. The summed E-state index contributed by atoms with van der Waals surface area (Å²) in [5.74, 6) is -1.33. The first-order chi connectivity index (χ1) is 17.2. The van der Waals surface area contributed by atoms with E-state index in [1.165, 1.54) is 31.3 Å². The van der Waals surface area contributed by atoms with Crippen molar-refractivity contribution in [1.29, 1.82) is 0 Å². The monoisotopic (exact) mass is 486 g/mol. The van der Waals surface area contributed by atoms with E-state index in [0.29, 0.717) is 23.5 Å². The van der Waals surface area contributed by atoms with Gasteiger partial charge in [-0.15, -0.1) is 0 Å². The van der Waals surface area contributed by atoms with Crippen LogP contribution in [0.5, 0.6) is 0 Å². The summed E-state index contributed by atoms with van der Waals surface area (Å²) in [7, 11) is 10.9. The fourth-order valence-corrected chi connectivity index (χ4v) is 3.59. The number of hydrogen-bond acceptors (Lipinski definition) is 6. The van der Waals surface area contributed by atoms with Gasteiger partial charge >= 0.3 is 0 Å². The fourth-order valence-electron chi connectivity index (χ4n) is 3.59. The standard InChI is InChI=1S/C14H10F2N4.C6H8N2.C5H8B2O/c1-7-8(2)20-14-13(19-7)12(17-6-18-14)10-4-3-9(15)5-11(10)16;1-4-7-8(5-1)6-2-3-6;6-5(7)3-1-2-4-8-5/h3-6H,1-2H3;1,4-6H,2-3H2;1-4H2. The van der Waals surface area contributed by atoms with E-state index < -0.39 is 17.0 Å². The van der Waals surface area contributed by atoms with Gasteiger partial charge in [-0.3, -0.25) is 4.68 Å². The van der Waals surface area contributed by atoms with Gasteiger partial charge in [0.05, 0.1) is 33.1 Å². The summed E-state index contributed by atoms with van der Waals surface area (Å²) in [5.41, 5.74) is 2.75. The molecule has 6 rings (SSSR count). The summed E-state index contributed by atoms with van der Waals surface area (Å²) in [4.78, 5) is 16.8. The van der Waals surface area contributed by atoms with E-state index in [1.54, 1.807) is 6.92 Å². The molecule has 0 N–H and O–H groups in total. The van der Waals surface area contributed by atoms with Crippen LogP contribution in [0.4, 0.5) is 8.78 Å². The normalized spacial score (nSPS) is 16.4. The summed E-state index contributed by atoms with van der Waals surface area (Å²) in [6, 6.07) is 6.05. The van der Waals surface area contributed by atoms with E-state index in [1.807, 2.05) is 30.1 Å². The first kappa shape index (κ1) is 25.9. The molecule has 3 aromatic heterocycles. The molecule has 182 valence electrons. The predicted octanol–water partition coefficient (Wildman–Crippen LogP) is 4.38. The highest BCUT2D eigenvalue weighted by Gasteiger charge is 2.23. The van der Waals surface area contributed by atoms with E-state index in [4.69, 9.17) is 20.4 Å². The summed E-state index contributed by atoms with van der Waals surface area (Å²) >= 11 is 0. The lowest BCUT2D eigenvalue weighted by atomic mass is 9.62. The Morgan fingerprint density at radius 2 is 1.83 bits per heavy atom. The van der Waals surface area contributed by atoms with Gasteiger partial charge in [-0.25, -0.2) is 28.7 Å². The van der Waals surface area contributed by atoms with Crippen molar-refractivity contribution in [2.75, 3.05) is 6.61 Å². The van der Waals surface area contributed by atoms with Crippen molar-refractivity contribution in [3.8, 4) is 11.3 Å². The maximum atomic E-state index is 13.9. The van der Waals surface area contributed by atoms with Gasteiger partial charge in [0.25, 0.3) is 0 Å². The minimum atomic E-state index is -0.821. The molecule has 1 aliphatic carbocycles. The molecule has 4 aromatic rings. The average Bonchev–Trinajstić information content (AvgIpc) is 3.54. The van der Waals surface area contributed by atoms with Crippen molar-refractivity contribution in [1.82, 2.24) is 29.7 Å². The number of nitrogens with zero attached hydrogens (tertiary/aromatic N) is 6. The van der Waals surface area contributed by atoms with E-state index >= 15 is 0 Å². The zero-order valence-electron chi connectivity index (χ0n) is 20.4. The number of aromatic nitrogens is 6. The third kappa shape index (κ3) is 6.72. The van der Waals surface area contributed by atoms with Crippen molar-refractivity contribution in [2.45, 2.75) is 57.4 Å². The van der Waals surface area contributed by atoms with E-state index in [0.717, 1.165) is 42.8 Å². The fraction of sp³-hybridized carbons (Fsp3) is 0.400. The molecular formula is C25H26B2F2N6O. The highest BCUT2D eigenvalue weighted by Crippen LogP contribution is 2.33. The summed E-state index contributed by atoms with van der Waals surface area (Å²) < 4.78 is 33.9. The van der Waals surface area contributed by atoms with Crippen LogP contribution in [0.15, 0.2) is 43.0 Å². The summed E-state index contributed by atoms with van der Waals surface area (Å²) in [5, 5.41) is 3.27. The zero-order valence-corrected chi connectivity index (χ0v) is 20.4. The number of halogens is 2. The number of benzene rings is 1. The smallest absolute Gasteiger partial charge is 0.182 e. The quantitative estimate of drug-likeness (QED) is 0.392. The number of hydrogen-bond donors (Lipinski definition) is 0. The lowest BCUT2D eigenvalue weighted by Gasteiger charge is -2.30. The van der Waals surface area contributed by atoms with Crippen molar-refractivity contribution < 1.29 is 13.5 Å². The molecule has 0 atom stereocenters. The van der Waals surface area contributed by atoms with Crippen LogP contribution in [0.2, 0.25) is 0 Å². The maximum Gasteiger partial charge on any atom is 0.182 e. The maximum absolute atomic E-state index is 13.9. The first-order valence-electron chi connectivity index (χ1n) is 11.9. The lowest BCUT2D eigenvalue weighted by Crippen LogP contribution is -2.36. The van der Waals surface area contributed by atoms with Crippen LogP contribution in [-0.4, -0.2) is 57.4 Å². The molecular weight excluding hydrogens is 460 g/mol. The van der Waals surface area contributed by atoms with Crippen molar-refractivity contribution in [2.24, 2.45) is 0 Å². The third-order valence-corrected chi connectivity index (χ3v) is 5.84. The average molecular weight is 486 g/mol. The number of ether oxygens (including phenoxy) is 1. The van der Waals surface area contributed by atoms with Crippen LogP contribution in [0.25, 0.3) is 22.4 Å². The Kier molecular flexibility index (Phi) is 8.08. The molecule has 1 saturated heterocycles. The molecule has 0 unspecified atom stereocenters. The molecule has 7 nitrogen and oxygen atoms in total. The minimum absolute atomic E-state index is 0.177. The SMILES string of the molecule is Cc1nc2ncnc(-c3ccc(F)cc3F)c2nc1C.[B]C1([B])CCCCO1.c1cnn(C2CC2)c1. The van der Waals surface area contributed by atoms with Gasteiger partial charge in [0, 0.05) is 30.6 Å². The topological polar surface area (TPSA) is 78.6 Å². The molecule has 4 heterocycles. The second-order valence-electron chi connectivity index (χ2n) is 8.89. The Morgan fingerprint density at radius 1 is 1.06 bits per heavy atom. The highest BCUT2D eigenvalue weighted by atomic mass is 19.1. The molecule has 36 heavy (non-hydrogen) atoms. The predicted molar refractivity (Wildman–Crippen MR) is 134 cm³/mol. The van der Waals surface area contributed by atoms with E-state index in [2.05, 4.69) is 25.0 Å². The number of aryl methyl sites for hydroxylation is 2. The molecule has 1 saturated carbocycles. The van der Waals surface area contributed by atoms with Gasteiger partial charge in [0.15, 0.2) is 5.65 Å². The molecule has 2 aliphatic rings. The molecule has 0 amide bonds. The lowest BCUT2D eigenvalue weighted by molar-refractivity contribution is 0.0383. The van der Waals surface area contributed by atoms with Gasteiger partial charge in [-0.2, -0.15) is 5.10 Å². The Labute approximate surface area is 211 Å². The minimum Gasteiger partial charge on any atom is -0.394 e. The molecule has 11 heteroatoms. The molecule has 1 aliphatic heterocycles. The number of fused-ring (bicyclic) bond motifs is 1. The molecule has 0 spiro atoms. The van der Waals surface area contributed by atoms with Gasteiger partial charge < -0.3 is 4.74 Å². The first-order valence-corrected chi connectivity index (χ1v) is 11.9. The van der Waals surface area contributed by atoms with Crippen molar-refractivity contribution in [3.63, 3.8) is 0 Å². The Bertz CT molecular complexity index is 1310. The van der Waals surface area contributed by atoms with Gasteiger partial charge in [-0.1, -0.05) is 0 Å². The van der Waals surface area contributed by atoms with Crippen LogP contribution < -0.4 is 0 Å². The van der Waals surface area contributed by atoms with Crippen LogP contribution >= 0.6 is 0 Å². The second kappa shape index (κ2) is 11.2. The van der Waals surface area contributed by atoms with Gasteiger partial charge in [0.1, 0.15) is 29.2 Å². The van der Waals surface area contributed by atoms with Gasteiger partial charge in [-0.05, 0) is 69.6 Å². The van der Waals surface area contributed by atoms with Crippen molar-refractivity contribution in [3.05, 3.63) is 66.0 Å². The van der Waals surface area contributed by atoms with E-state index in [-0.39, 0.29) is 5.56 Å². The van der Waals surface area contributed by atoms with E-state index in [9.17, 15) is 8.78 Å². The Hall–Kier alpha value is -3.20. The third-order valence-electron chi connectivity index (χ3n) is 5.84. The molecule has 1 aromatic carbocycles. The number of rotatable bonds is 2. The van der Waals surface area contributed by atoms with Crippen molar-refractivity contribution >= 4 is 26.9 Å². The summed E-state index contributed by atoms with van der Waals surface area (Å²) in [6.45, 7) is 4.34. The van der Waals surface area contributed by atoms with Crippen LogP contribution in [-0.2, 0) is 4.74 Å². The summed E-state index contributed by atoms with van der Waals surface area (Å²) in [6.07, 6.45) is 10.8. The Morgan fingerprint density at radius 3 is 2.42 bits per heavy atom. The second-order valence-corrected chi connectivity index (χ2v) is 8.89. The largest absolute Gasteiger partial charge is 0.394 e. The van der Waals surface area contributed by atoms with Crippen LogP contribution in [0.3, 0.4) is 0 Å². The zero-order chi connectivity index (χ0) is 25.7. The molecule has 0 bridgehead atoms. The van der Waals surface area contributed by atoms with Crippen LogP contribution in [0.1, 0.15) is 49.5 Å². The van der Waals surface area contributed by atoms with Crippen LogP contribution in [0, 0.1) is 25.5 Å². The van der Waals surface area contributed by atoms with Gasteiger partial charge in [0.2, 0.25) is 0 Å². The highest BCUT2D eigenvalue weighted by molar-refractivity contribution is 6.39.